The largest absolute Gasteiger partial charge is 0.478 e. The van der Waals surface area contributed by atoms with Gasteiger partial charge in [-0.1, -0.05) is 4.70 Å². The van der Waals surface area contributed by atoms with Crippen molar-refractivity contribution in [2.24, 2.45) is 11.7 Å². The van der Waals surface area contributed by atoms with Gasteiger partial charge in [-0.05, 0) is 18.2 Å². The van der Waals surface area contributed by atoms with Crippen molar-refractivity contribution in [2.75, 3.05) is 0 Å². The number of hydrogen-bond acceptors (Lipinski definition) is 9. The molecule has 2 amide bonds. The number of amides is 2. The minimum atomic E-state index is -1.17. The van der Waals surface area contributed by atoms with E-state index < -0.39 is 34.4 Å². The van der Waals surface area contributed by atoms with Gasteiger partial charge in [-0.3, -0.25) is 0 Å². The van der Waals surface area contributed by atoms with Crippen LogP contribution in [0.1, 0.15) is 44.9 Å². The molecule has 11 nitrogen and oxygen atoms in total. The number of carboxylic acid groups (broad SMARTS) is 1. The number of imide groups is 1. The number of esters is 2. The number of carboxylic acids is 1. The lowest BCUT2D eigenvalue weighted by molar-refractivity contribution is -0.801. The predicted molar refractivity (Wildman–Crippen MR) is 78.2 cm³/mol. The number of rotatable bonds is 1. The molecule has 0 unspecified atom stereocenters. The topological polar surface area (TPSA) is 202 Å². The van der Waals surface area contributed by atoms with Crippen LogP contribution in [0.4, 0.5) is 0 Å². The molecular formula is C13H17N4O7+. The molecule has 0 spiro atoms. The first-order valence-electron chi connectivity index (χ1n) is 6.10. The summed E-state index contributed by atoms with van der Waals surface area (Å²) < 4.78 is 3.13. The number of carbonyl (C=O) groups is 5. The second kappa shape index (κ2) is 7.52. The Morgan fingerprint density at radius 2 is 1.46 bits per heavy atom. The van der Waals surface area contributed by atoms with E-state index in [-0.39, 0.29) is 22.8 Å². The van der Waals surface area contributed by atoms with Gasteiger partial charge in [-0.2, -0.15) is 0 Å². The fourth-order valence-electron chi connectivity index (χ4n) is 1.44. The van der Waals surface area contributed by atoms with Crippen LogP contribution >= 0.6 is 0 Å². The fraction of sp³-hybridized carbons (Fsp3) is 0.154. The summed E-state index contributed by atoms with van der Waals surface area (Å²) in [7, 11) is 0. The van der Waals surface area contributed by atoms with E-state index in [0.717, 1.165) is 19.9 Å². The number of cyclic esters (lactones) is 2. The van der Waals surface area contributed by atoms with Crippen molar-refractivity contribution in [3.8, 4) is 0 Å². The number of fused-ring (bicyclic) bond motifs is 1. The van der Waals surface area contributed by atoms with E-state index in [4.69, 9.17) is 16.8 Å². The molecule has 1 aliphatic heterocycles. The SMILES string of the molecule is CC(=O)[N+](N)(N)C(C)=O.N.O=C(O)c1ccc2c(c1)C(=O)OC2=O. The highest BCUT2D eigenvalue weighted by Crippen LogP contribution is 2.20. The molecule has 24 heavy (non-hydrogen) atoms. The van der Waals surface area contributed by atoms with Gasteiger partial charge < -0.3 is 16.0 Å². The summed E-state index contributed by atoms with van der Waals surface area (Å²) in [6.45, 7) is 2.31. The smallest absolute Gasteiger partial charge is 0.356 e. The Bertz CT molecular complexity index is 711. The molecule has 130 valence electrons. The van der Waals surface area contributed by atoms with Crippen molar-refractivity contribution in [3.63, 3.8) is 0 Å². The van der Waals surface area contributed by atoms with Gasteiger partial charge in [0.15, 0.2) is 0 Å². The van der Waals surface area contributed by atoms with Crippen LogP contribution in [-0.4, -0.2) is 39.5 Å². The van der Waals surface area contributed by atoms with Gasteiger partial charge in [0.2, 0.25) is 0 Å². The van der Waals surface area contributed by atoms with E-state index in [1.54, 1.807) is 0 Å². The van der Waals surface area contributed by atoms with E-state index in [0.29, 0.717) is 0 Å². The van der Waals surface area contributed by atoms with Gasteiger partial charge in [0.25, 0.3) is 0 Å². The predicted octanol–water partition coefficient (Wildman–Crippen LogP) is -0.499. The van der Waals surface area contributed by atoms with Crippen molar-refractivity contribution < 1.29 is 38.5 Å². The number of ether oxygens (including phenoxy) is 1. The summed E-state index contributed by atoms with van der Waals surface area (Å²) >= 11 is 0. The van der Waals surface area contributed by atoms with Crippen molar-refractivity contribution in [1.82, 2.24) is 6.15 Å². The monoisotopic (exact) mass is 341 g/mol. The Kier molecular flexibility index (Phi) is 6.58. The minimum absolute atomic E-state index is 0. The molecule has 0 fully saturated rings. The Labute approximate surface area is 135 Å². The first-order chi connectivity index (χ1) is 10.5. The fourth-order valence-corrected chi connectivity index (χ4v) is 1.44. The van der Waals surface area contributed by atoms with Crippen molar-refractivity contribution >= 4 is 29.7 Å². The number of carbonyl (C=O) groups excluding carboxylic acids is 4. The quantitative estimate of drug-likeness (QED) is 0.129. The van der Waals surface area contributed by atoms with E-state index in [2.05, 4.69) is 4.74 Å². The molecule has 0 saturated carbocycles. The van der Waals surface area contributed by atoms with Crippen molar-refractivity contribution in [3.05, 3.63) is 34.9 Å². The zero-order chi connectivity index (χ0) is 17.9. The summed E-state index contributed by atoms with van der Waals surface area (Å²) in [4.78, 5) is 53.3. The molecule has 0 radical (unpaired) electrons. The normalized spacial score (nSPS) is 12.2. The summed E-state index contributed by atoms with van der Waals surface area (Å²) in [5.74, 6) is 6.19. The third-order valence-corrected chi connectivity index (χ3v) is 2.93. The lowest BCUT2D eigenvalue weighted by atomic mass is 10.1. The molecule has 2 rings (SSSR count). The average Bonchev–Trinajstić information content (AvgIpc) is 2.74. The highest BCUT2D eigenvalue weighted by molar-refractivity contribution is 6.15. The molecule has 1 heterocycles. The highest BCUT2D eigenvalue weighted by Gasteiger charge is 2.31. The zero-order valence-electron chi connectivity index (χ0n) is 12.9. The third-order valence-electron chi connectivity index (χ3n) is 2.93. The number of nitrogens with two attached hydrogens (primary N) is 2. The van der Waals surface area contributed by atoms with Crippen LogP contribution < -0.4 is 17.8 Å². The molecule has 1 aromatic rings. The number of hydrogen-bond donors (Lipinski definition) is 4. The molecule has 11 heteroatoms. The first-order valence-corrected chi connectivity index (χ1v) is 6.10. The van der Waals surface area contributed by atoms with Crippen LogP contribution in [0, 0.1) is 0 Å². The lowest BCUT2D eigenvalue weighted by Crippen LogP contribution is -2.66. The third kappa shape index (κ3) is 4.27. The van der Waals surface area contributed by atoms with Crippen LogP contribution in [0.25, 0.3) is 0 Å². The van der Waals surface area contributed by atoms with Crippen LogP contribution in [0.15, 0.2) is 18.2 Å². The summed E-state index contributed by atoms with van der Waals surface area (Å²) in [5, 5.41) is 8.63. The minimum Gasteiger partial charge on any atom is -0.478 e. The van der Waals surface area contributed by atoms with Gasteiger partial charge in [0.1, 0.15) is 0 Å². The Balaban J connectivity index is 0.000000468. The number of quaternary nitrogens is 1. The molecule has 1 aliphatic rings. The molecule has 0 aliphatic carbocycles. The molecule has 1 aromatic carbocycles. The second-order valence-corrected chi connectivity index (χ2v) is 4.56. The Morgan fingerprint density at radius 1 is 1.00 bits per heavy atom. The number of nitrogens with zero attached hydrogens (tertiary/aromatic N) is 1. The maximum atomic E-state index is 11.0. The number of aromatic carboxylic acids is 1. The van der Waals surface area contributed by atoms with Crippen LogP contribution in [0.2, 0.25) is 0 Å². The van der Waals surface area contributed by atoms with Gasteiger partial charge >= 0.3 is 29.7 Å². The van der Waals surface area contributed by atoms with E-state index >= 15 is 0 Å². The number of benzene rings is 1. The highest BCUT2D eigenvalue weighted by atomic mass is 16.6. The van der Waals surface area contributed by atoms with Crippen molar-refractivity contribution in [2.45, 2.75) is 13.8 Å². The Hall–Kier alpha value is -2.99. The standard InChI is InChI=1S/C9H4O5.C4H10N3O2.H3N/c10-7(11)4-1-2-5-6(3-4)9(13)14-8(5)12;1-3(8)7(5,6)4(2)9;/h1-3H,(H,10,11);5-6H2,1-2H3;1H3/q;+1;. The lowest BCUT2D eigenvalue weighted by Gasteiger charge is -2.16. The Morgan fingerprint density at radius 3 is 1.83 bits per heavy atom. The van der Waals surface area contributed by atoms with Crippen LogP contribution in [0.3, 0.4) is 0 Å². The zero-order valence-corrected chi connectivity index (χ0v) is 12.9. The molecule has 0 bridgehead atoms. The van der Waals surface area contributed by atoms with Crippen molar-refractivity contribution in [1.29, 1.82) is 0 Å². The maximum absolute atomic E-state index is 11.0. The molecule has 0 saturated heterocycles. The second-order valence-electron chi connectivity index (χ2n) is 4.56. The maximum Gasteiger partial charge on any atom is 0.356 e. The van der Waals surface area contributed by atoms with Gasteiger partial charge in [-0.15, -0.1) is 11.7 Å². The molecule has 0 aromatic heterocycles. The van der Waals surface area contributed by atoms with Gasteiger partial charge in [0.05, 0.1) is 30.5 Å². The van der Waals surface area contributed by atoms with E-state index in [9.17, 15) is 24.0 Å². The van der Waals surface area contributed by atoms with Gasteiger partial charge in [-0.25, -0.2) is 24.0 Å². The van der Waals surface area contributed by atoms with Crippen LogP contribution in [-0.2, 0) is 14.3 Å². The summed E-state index contributed by atoms with van der Waals surface area (Å²) in [6, 6.07) is 3.65. The molecule has 8 N–H and O–H groups in total. The summed E-state index contributed by atoms with van der Waals surface area (Å²) in [6.07, 6.45) is 0. The molecular weight excluding hydrogens is 324 g/mol. The van der Waals surface area contributed by atoms with Crippen LogP contribution in [0.5, 0.6) is 0 Å². The molecule has 0 atom stereocenters. The van der Waals surface area contributed by atoms with E-state index in [1.807, 2.05) is 0 Å². The summed E-state index contributed by atoms with van der Waals surface area (Å²) in [5.41, 5.74) is 0.0744. The first kappa shape index (κ1) is 21.0. The average molecular weight is 341 g/mol. The van der Waals surface area contributed by atoms with Gasteiger partial charge in [0, 0.05) is 0 Å². The van der Waals surface area contributed by atoms with E-state index in [1.165, 1.54) is 12.1 Å².